The minimum atomic E-state index is 0.522. The molecule has 124 valence electrons. The van der Waals surface area contributed by atoms with Crippen molar-refractivity contribution in [3.63, 3.8) is 0 Å². The lowest BCUT2D eigenvalue weighted by atomic mass is 9.62. The molecule has 0 radical (unpaired) electrons. The quantitative estimate of drug-likeness (QED) is 0.510. The first kappa shape index (κ1) is 17.4. The van der Waals surface area contributed by atoms with Crippen LogP contribution in [-0.4, -0.2) is 0 Å². The Bertz CT molecular complexity index is 306. The van der Waals surface area contributed by atoms with Crippen LogP contribution in [0.4, 0.5) is 0 Å². The Kier molecular flexibility index (Phi) is 5.48. The van der Waals surface area contributed by atoms with Crippen LogP contribution in [0.2, 0.25) is 0 Å². The van der Waals surface area contributed by atoms with E-state index in [1.165, 1.54) is 51.4 Å². The van der Waals surface area contributed by atoms with Crippen LogP contribution < -0.4 is 0 Å². The van der Waals surface area contributed by atoms with E-state index in [1.54, 1.807) is 6.42 Å². The van der Waals surface area contributed by atoms with Crippen molar-refractivity contribution >= 4 is 0 Å². The molecule has 0 spiro atoms. The third kappa shape index (κ3) is 4.73. The summed E-state index contributed by atoms with van der Waals surface area (Å²) in [5, 5.41) is 0. The van der Waals surface area contributed by atoms with E-state index in [2.05, 4.69) is 41.5 Å². The number of hydrogen-bond donors (Lipinski definition) is 0. The second kappa shape index (κ2) is 6.63. The molecule has 0 aromatic carbocycles. The lowest BCUT2D eigenvalue weighted by Crippen LogP contribution is -2.33. The van der Waals surface area contributed by atoms with Gasteiger partial charge in [0.15, 0.2) is 0 Å². The average Bonchev–Trinajstić information content (AvgIpc) is 2.37. The van der Waals surface area contributed by atoms with E-state index in [-0.39, 0.29) is 0 Å². The topological polar surface area (TPSA) is 0 Å². The molecule has 0 aromatic heterocycles. The molecule has 0 amide bonds. The van der Waals surface area contributed by atoms with Crippen LogP contribution in [-0.2, 0) is 0 Å². The minimum absolute atomic E-state index is 0.522. The monoisotopic (exact) mass is 292 g/mol. The molecule has 0 heterocycles. The van der Waals surface area contributed by atoms with Crippen LogP contribution in [0.1, 0.15) is 99.3 Å². The van der Waals surface area contributed by atoms with Gasteiger partial charge >= 0.3 is 0 Å². The maximum Gasteiger partial charge on any atom is -0.0337 e. The second-order valence-corrected chi connectivity index (χ2v) is 10.3. The van der Waals surface area contributed by atoms with Gasteiger partial charge in [-0.2, -0.15) is 0 Å². The summed E-state index contributed by atoms with van der Waals surface area (Å²) in [4.78, 5) is 0. The molecule has 0 heteroatoms. The lowest BCUT2D eigenvalue weighted by molar-refractivity contribution is 0.0711. The van der Waals surface area contributed by atoms with Gasteiger partial charge in [-0.05, 0) is 60.2 Å². The van der Waals surface area contributed by atoms with Crippen molar-refractivity contribution in [3.8, 4) is 0 Å². The molecule has 0 nitrogen and oxygen atoms in total. The fourth-order valence-electron chi connectivity index (χ4n) is 5.32. The zero-order valence-electron chi connectivity index (χ0n) is 15.7. The molecule has 2 unspecified atom stereocenters. The second-order valence-electron chi connectivity index (χ2n) is 10.3. The highest BCUT2D eigenvalue weighted by atomic mass is 14.4. The third-order valence-electron chi connectivity index (χ3n) is 6.73. The fraction of sp³-hybridized carbons (Fsp3) is 1.00. The summed E-state index contributed by atoms with van der Waals surface area (Å²) in [5.74, 6) is 4.01. The molecule has 0 saturated heterocycles. The van der Waals surface area contributed by atoms with Crippen molar-refractivity contribution < 1.29 is 0 Å². The molecule has 2 saturated carbocycles. The van der Waals surface area contributed by atoms with E-state index in [1.807, 2.05) is 0 Å². The molecular weight excluding hydrogens is 252 g/mol. The van der Waals surface area contributed by atoms with Crippen LogP contribution in [0.5, 0.6) is 0 Å². The molecule has 0 aliphatic heterocycles. The van der Waals surface area contributed by atoms with Gasteiger partial charge in [0, 0.05) is 0 Å². The van der Waals surface area contributed by atoms with Crippen LogP contribution in [0.15, 0.2) is 0 Å². The number of rotatable bonds is 2. The maximum absolute atomic E-state index is 2.48. The molecule has 0 N–H and O–H groups in total. The van der Waals surface area contributed by atoms with Gasteiger partial charge in [-0.15, -0.1) is 0 Å². The summed E-state index contributed by atoms with van der Waals surface area (Å²) in [6.45, 7) is 14.8. The van der Waals surface area contributed by atoms with E-state index < -0.39 is 0 Å². The molecule has 2 rings (SSSR count). The van der Waals surface area contributed by atoms with Crippen LogP contribution in [0.3, 0.4) is 0 Å². The first-order chi connectivity index (χ1) is 9.68. The smallest absolute Gasteiger partial charge is 0.0337 e. The molecule has 0 aromatic rings. The van der Waals surface area contributed by atoms with Crippen LogP contribution in [0, 0.1) is 34.5 Å². The van der Waals surface area contributed by atoms with Gasteiger partial charge in [-0.1, -0.05) is 73.6 Å². The third-order valence-corrected chi connectivity index (χ3v) is 6.73. The van der Waals surface area contributed by atoms with E-state index in [9.17, 15) is 0 Å². The van der Waals surface area contributed by atoms with Gasteiger partial charge in [-0.3, -0.25) is 0 Å². The molecule has 0 bridgehead atoms. The highest BCUT2D eigenvalue weighted by Crippen LogP contribution is 2.47. The Morgan fingerprint density at radius 3 is 1.76 bits per heavy atom. The van der Waals surface area contributed by atoms with Gasteiger partial charge < -0.3 is 0 Å². The zero-order chi connectivity index (χ0) is 15.7. The van der Waals surface area contributed by atoms with Crippen LogP contribution in [0.25, 0.3) is 0 Å². The lowest BCUT2D eigenvalue weighted by Gasteiger charge is -2.43. The van der Waals surface area contributed by atoms with Crippen molar-refractivity contribution in [2.75, 3.05) is 0 Å². The Morgan fingerprint density at radius 1 is 0.667 bits per heavy atom. The molecular formula is C21H40. The van der Waals surface area contributed by atoms with Crippen molar-refractivity contribution in [2.24, 2.45) is 34.5 Å². The molecule has 2 atom stereocenters. The molecule has 2 aliphatic rings. The van der Waals surface area contributed by atoms with Gasteiger partial charge in [0.25, 0.3) is 0 Å². The molecule has 2 fully saturated rings. The van der Waals surface area contributed by atoms with E-state index >= 15 is 0 Å². The van der Waals surface area contributed by atoms with Crippen molar-refractivity contribution in [1.82, 2.24) is 0 Å². The fourth-order valence-corrected chi connectivity index (χ4v) is 5.32. The van der Waals surface area contributed by atoms with Crippen molar-refractivity contribution in [2.45, 2.75) is 99.3 Å². The molecule has 2 aliphatic carbocycles. The summed E-state index contributed by atoms with van der Waals surface area (Å²) in [6, 6.07) is 0. The maximum atomic E-state index is 2.48. The first-order valence-electron chi connectivity index (χ1n) is 9.68. The Hall–Kier alpha value is 0. The minimum Gasteiger partial charge on any atom is -0.0599 e. The van der Waals surface area contributed by atoms with Crippen LogP contribution >= 0.6 is 0 Å². The zero-order valence-corrected chi connectivity index (χ0v) is 15.7. The summed E-state index contributed by atoms with van der Waals surface area (Å²) >= 11 is 0. The highest BCUT2D eigenvalue weighted by molar-refractivity contribution is 4.87. The highest BCUT2D eigenvalue weighted by Gasteiger charge is 2.36. The first-order valence-corrected chi connectivity index (χ1v) is 9.68. The summed E-state index contributed by atoms with van der Waals surface area (Å²) in [5.41, 5.74) is 1.05. The van der Waals surface area contributed by atoms with E-state index in [0.717, 1.165) is 23.7 Å². The normalized spacial score (nSPS) is 35.7. The van der Waals surface area contributed by atoms with Gasteiger partial charge in [-0.25, -0.2) is 0 Å². The van der Waals surface area contributed by atoms with Crippen molar-refractivity contribution in [3.05, 3.63) is 0 Å². The predicted octanol–water partition coefficient (Wildman–Crippen LogP) is 7.08. The largest absolute Gasteiger partial charge is 0.0599 e. The SMILES string of the molecule is CC(C)(C)C1CCC(CC2CCCCC2C(C)(C)C)CC1. The Morgan fingerprint density at radius 2 is 1.24 bits per heavy atom. The summed E-state index contributed by atoms with van der Waals surface area (Å²) in [6.07, 6.45) is 13.5. The van der Waals surface area contributed by atoms with Gasteiger partial charge in [0.1, 0.15) is 0 Å². The molecule has 21 heavy (non-hydrogen) atoms. The van der Waals surface area contributed by atoms with Gasteiger partial charge in [0.05, 0.1) is 0 Å². The number of hydrogen-bond acceptors (Lipinski definition) is 0. The predicted molar refractivity (Wildman–Crippen MR) is 94.4 cm³/mol. The Balaban J connectivity index is 1.87. The van der Waals surface area contributed by atoms with Crippen molar-refractivity contribution in [1.29, 1.82) is 0 Å². The standard InChI is InChI=1S/C21H40/c1-20(2,3)18-13-11-16(12-14-18)15-17-9-7-8-10-19(17)21(4,5)6/h16-19H,7-15H2,1-6H3. The van der Waals surface area contributed by atoms with Gasteiger partial charge in [0.2, 0.25) is 0 Å². The average molecular weight is 293 g/mol. The summed E-state index contributed by atoms with van der Waals surface area (Å²) in [7, 11) is 0. The van der Waals surface area contributed by atoms with E-state index in [4.69, 9.17) is 0 Å². The Labute approximate surface area is 134 Å². The van der Waals surface area contributed by atoms with E-state index in [0.29, 0.717) is 10.8 Å². The summed E-state index contributed by atoms with van der Waals surface area (Å²) < 4.78 is 0.